The van der Waals surface area contributed by atoms with E-state index in [2.05, 4.69) is 173 Å². The van der Waals surface area contributed by atoms with E-state index in [4.69, 9.17) is 15.0 Å². The molecule has 0 N–H and O–H groups in total. The Kier molecular flexibility index (Phi) is 8.42. The molecule has 290 valence electrons. The monoisotopic (exact) mass is 791 g/mol. The van der Waals surface area contributed by atoms with E-state index in [1.807, 2.05) is 60.7 Å². The van der Waals surface area contributed by atoms with Crippen molar-refractivity contribution >= 4 is 43.6 Å². The van der Waals surface area contributed by atoms with Crippen molar-refractivity contribution in [2.45, 2.75) is 0 Å². The van der Waals surface area contributed by atoms with Gasteiger partial charge in [0.05, 0.1) is 22.1 Å². The highest BCUT2D eigenvalue weighted by atomic mass is 15.0. The summed E-state index contributed by atoms with van der Waals surface area (Å²) in [6.45, 7) is 0. The lowest BCUT2D eigenvalue weighted by molar-refractivity contribution is 1.07. The number of hydrogen-bond acceptors (Lipinski definition) is 3. The van der Waals surface area contributed by atoms with Gasteiger partial charge in [0.15, 0.2) is 17.5 Å². The summed E-state index contributed by atoms with van der Waals surface area (Å²) < 4.78 is 4.77. The average molecular weight is 792 g/mol. The zero-order valence-electron chi connectivity index (χ0n) is 33.6. The van der Waals surface area contributed by atoms with Gasteiger partial charge in [0, 0.05) is 49.6 Å². The van der Waals surface area contributed by atoms with Crippen molar-refractivity contribution in [2.24, 2.45) is 0 Å². The van der Waals surface area contributed by atoms with E-state index >= 15 is 0 Å². The predicted molar refractivity (Wildman–Crippen MR) is 256 cm³/mol. The fourth-order valence-electron chi connectivity index (χ4n) is 8.99. The van der Waals surface area contributed by atoms with E-state index in [0.717, 1.165) is 39.2 Å². The van der Waals surface area contributed by atoms with Gasteiger partial charge in [-0.15, -0.1) is 0 Å². The Bertz CT molecular complexity index is 3530. The van der Waals surface area contributed by atoms with Gasteiger partial charge in [0.25, 0.3) is 0 Å². The minimum atomic E-state index is 0.643. The van der Waals surface area contributed by atoms with Gasteiger partial charge in [0.2, 0.25) is 0 Å². The van der Waals surface area contributed by atoms with Gasteiger partial charge in [-0.05, 0) is 76.9 Å². The largest absolute Gasteiger partial charge is 0.309 e. The first-order valence-electron chi connectivity index (χ1n) is 20.9. The summed E-state index contributed by atoms with van der Waals surface area (Å²) in [4.78, 5) is 14.7. The normalized spacial score (nSPS) is 11.5. The smallest absolute Gasteiger partial charge is 0.164 e. The van der Waals surface area contributed by atoms with Crippen molar-refractivity contribution in [3.8, 4) is 67.8 Å². The first-order chi connectivity index (χ1) is 30.7. The van der Waals surface area contributed by atoms with Crippen LogP contribution >= 0.6 is 0 Å². The minimum absolute atomic E-state index is 0.643. The molecule has 5 heteroatoms. The molecule has 0 fully saturated rings. The van der Waals surface area contributed by atoms with E-state index in [-0.39, 0.29) is 0 Å². The van der Waals surface area contributed by atoms with E-state index in [0.29, 0.717) is 17.5 Å². The first-order valence-corrected chi connectivity index (χ1v) is 20.9. The lowest BCUT2D eigenvalue weighted by Gasteiger charge is -2.11. The van der Waals surface area contributed by atoms with Gasteiger partial charge in [-0.3, -0.25) is 0 Å². The standard InChI is InChI=1S/C57H37N5/c1-4-14-40(15-5-1)55-58-56(41-16-6-2-7-17-41)60-57(59-55)42-26-24-38(25-27-42)39-28-32-46(33-29-39)62-51-22-12-10-20-47(51)49-34-30-44(37-54(49)62)43-31-35-53-50(36-43)48-21-11-13-23-52(48)61(53)45-18-8-3-9-19-45/h1-37H. The molecule has 0 spiro atoms. The summed E-state index contributed by atoms with van der Waals surface area (Å²) in [6, 6.07) is 79.4. The molecule has 0 atom stereocenters. The summed E-state index contributed by atoms with van der Waals surface area (Å²) in [5, 5.41) is 4.96. The summed E-state index contributed by atoms with van der Waals surface area (Å²) in [6.07, 6.45) is 0. The molecule has 0 aliphatic heterocycles. The molecule has 0 saturated carbocycles. The number of aromatic nitrogens is 5. The molecule has 12 aromatic rings. The Morgan fingerprint density at radius 3 is 1.19 bits per heavy atom. The second-order valence-electron chi connectivity index (χ2n) is 15.7. The van der Waals surface area contributed by atoms with Crippen LogP contribution in [0.4, 0.5) is 0 Å². The van der Waals surface area contributed by atoms with E-state index in [9.17, 15) is 0 Å². The molecule has 0 saturated heterocycles. The van der Waals surface area contributed by atoms with Crippen molar-refractivity contribution in [3.63, 3.8) is 0 Å². The molecular weight excluding hydrogens is 755 g/mol. The zero-order valence-corrected chi connectivity index (χ0v) is 33.6. The molecule has 0 bridgehead atoms. The Hall–Kier alpha value is -8.41. The van der Waals surface area contributed by atoms with Gasteiger partial charge >= 0.3 is 0 Å². The highest BCUT2D eigenvalue weighted by Crippen LogP contribution is 2.39. The Morgan fingerprint density at radius 1 is 0.226 bits per heavy atom. The summed E-state index contributed by atoms with van der Waals surface area (Å²) in [5.74, 6) is 1.95. The second-order valence-corrected chi connectivity index (χ2v) is 15.7. The topological polar surface area (TPSA) is 48.5 Å². The third-order valence-electron chi connectivity index (χ3n) is 12.0. The number of para-hydroxylation sites is 3. The fraction of sp³-hybridized carbons (Fsp3) is 0. The Labute approximate surface area is 358 Å². The summed E-state index contributed by atoms with van der Waals surface area (Å²) >= 11 is 0. The predicted octanol–water partition coefficient (Wildman–Crippen LogP) is 14.4. The van der Waals surface area contributed by atoms with Crippen molar-refractivity contribution in [1.82, 2.24) is 24.1 Å². The molecule has 62 heavy (non-hydrogen) atoms. The van der Waals surface area contributed by atoms with Crippen LogP contribution in [0.1, 0.15) is 0 Å². The third kappa shape index (κ3) is 6.06. The fourth-order valence-corrected chi connectivity index (χ4v) is 8.99. The van der Waals surface area contributed by atoms with Crippen LogP contribution in [0.5, 0.6) is 0 Å². The molecule has 3 aromatic heterocycles. The Balaban J connectivity index is 0.904. The highest BCUT2D eigenvalue weighted by Gasteiger charge is 2.17. The van der Waals surface area contributed by atoms with E-state index in [1.165, 1.54) is 54.7 Å². The average Bonchev–Trinajstić information content (AvgIpc) is 3.87. The van der Waals surface area contributed by atoms with E-state index < -0.39 is 0 Å². The SMILES string of the molecule is c1ccc(-c2nc(-c3ccccc3)nc(-c3ccc(-c4ccc(-n5c6ccccc6c6ccc(-c7ccc8c(c7)c7ccccc7n8-c7ccccc7)cc65)cc4)cc3)n2)cc1. The number of hydrogen-bond donors (Lipinski definition) is 0. The molecule has 0 aliphatic rings. The minimum Gasteiger partial charge on any atom is -0.309 e. The second kappa shape index (κ2) is 14.7. The Morgan fingerprint density at radius 2 is 0.597 bits per heavy atom. The molecule has 3 heterocycles. The molecule has 0 unspecified atom stereocenters. The number of rotatable bonds is 7. The lowest BCUT2D eigenvalue weighted by Crippen LogP contribution is -2.00. The van der Waals surface area contributed by atoms with Crippen molar-refractivity contribution < 1.29 is 0 Å². The summed E-state index contributed by atoms with van der Waals surface area (Å²) in [5.41, 5.74) is 14.5. The van der Waals surface area contributed by atoms with Crippen molar-refractivity contribution in [1.29, 1.82) is 0 Å². The molecule has 0 radical (unpaired) electrons. The molecule has 12 rings (SSSR count). The summed E-state index contributed by atoms with van der Waals surface area (Å²) in [7, 11) is 0. The van der Waals surface area contributed by atoms with Crippen LogP contribution < -0.4 is 0 Å². The zero-order chi connectivity index (χ0) is 41.0. The van der Waals surface area contributed by atoms with Crippen LogP contribution in [0.25, 0.3) is 111 Å². The molecule has 0 amide bonds. The van der Waals surface area contributed by atoms with Crippen LogP contribution in [0.2, 0.25) is 0 Å². The maximum atomic E-state index is 4.93. The van der Waals surface area contributed by atoms with Crippen LogP contribution in [0, 0.1) is 0 Å². The third-order valence-corrected chi connectivity index (χ3v) is 12.0. The van der Waals surface area contributed by atoms with Gasteiger partial charge in [0.1, 0.15) is 0 Å². The van der Waals surface area contributed by atoms with Crippen LogP contribution in [-0.2, 0) is 0 Å². The number of fused-ring (bicyclic) bond motifs is 6. The molecular formula is C57H37N5. The van der Waals surface area contributed by atoms with Gasteiger partial charge in [-0.2, -0.15) is 0 Å². The first kappa shape index (κ1) is 35.5. The number of nitrogens with zero attached hydrogens (tertiary/aromatic N) is 5. The van der Waals surface area contributed by atoms with Gasteiger partial charge in [-0.1, -0.05) is 170 Å². The molecule has 0 aliphatic carbocycles. The maximum absolute atomic E-state index is 4.93. The van der Waals surface area contributed by atoms with Gasteiger partial charge in [-0.25, -0.2) is 15.0 Å². The van der Waals surface area contributed by atoms with Crippen LogP contribution in [-0.4, -0.2) is 24.1 Å². The molecule has 9 aromatic carbocycles. The van der Waals surface area contributed by atoms with Crippen LogP contribution in [0.3, 0.4) is 0 Å². The lowest BCUT2D eigenvalue weighted by atomic mass is 10.0. The number of benzene rings is 9. The van der Waals surface area contributed by atoms with Gasteiger partial charge < -0.3 is 9.13 Å². The maximum Gasteiger partial charge on any atom is 0.164 e. The highest BCUT2D eigenvalue weighted by molar-refractivity contribution is 6.12. The van der Waals surface area contributed by atoms with Crippen molar-refractivity contribution in [3.05, 3.63) is 224 Å². The van der Waals surface area contributed by atoms with Crippen LogP contribution in [0.15, 0.2) is 224 Å². The molecule has 5 nitrogen and oxygen atoms in total. The quantitative estimate of drug-likeness (QED) is 0.162. The van der Waals surface area contributed by atoms with E-state index in [1.54, 1.807) is 0 Å². The van der Waals surface area contributed by atoms with Crippen molar-refractivity contribution in [2.75, 3.05) is 0 Å².